The number of rotatable bonds is 8. The van der Waals surface area contributed by atoms with Crippen molar-refractivity contribution in [2.24, 2.45) is 4.99 Å². The number of carbonyl (C=O) groups excluding carboxylic acids is 1. The second kappa shape index (κ2) is 12.6. The fourth-order valence-electron chi connectivity index (χ4n) is 2.45. The average Bonchev–Trinajstić information content (AvgIpc) is 2.90. The van der Waals surface area contributed by atoms with Gasteiger partial charge < -0.3 is 20.7 Å². The summed E-state index contributed by atoms with van der Waals surface area (Å²) in [5, 5.41) is 10.6. The number of hydrogen-bond acceptors (Lipinski definition) is 5. The lowest BCUT2D eigenvalue weighted by atomic mass is 10.1. The first-order valence-electron chi connectivity index (χ1n) is 9.94. The molecule has 0 unspecified atom stereocenters. The van der Waals surface area contributed by atoms with Crippen molar-refractivity contribution in [3.05, 3.63) is 15.6 Å². The Hall–Kier alpha value is -1.10. The Kier molecular flexibility index (Phi) is 12.1. The summed E-state index contributed by atoms with van der Waals surface area (Å²) in [6.07, 6.45) is 1.39. The number of hydrogen-bond donors (Lipinski definition) is 3. The molecule has 0 radical (unpaired) electrons. The highest BCUT2D eigenvalue weighted by atomic mass is 127. The number of amides is 1. The second-order valence-corrected chi connectivity index (χ2v) is 9.63. The zero-order chi connectivity index (χ0) is 21.4. The summed E-state index contributed by atoms with van der Waals surface area (Å²) in [5.74, 6) is 0.727. The third-order valence-corrected chi connectivity index (χ3v) is 4.79. The van der Waals surface area contributed by atoms with Gasteiger partial charge >= 0.3 is 6.09 Å². The van der Waals surface area contributed by atoms with Crippen LogP contribution in [0.2, 0.25) is 0 Å². The molecule has 0 aliphatic rings. The summed E-state index contributed by atoms with van der Waals surface area (Å²) >= 11 is 1.76. The van der Waals surface area contributed by atoms with E-state index < -0.39 is 17.2 Å². The van der Waals surface area contributed by atoms with E-state index in [1.165, 1.54) is 10.6 Å². The molecule has 0 atom stereocenters. The van der Waals surface area contributed by atoms with Gasteiger partial charge in [0.2, 0.25) is 0 Å². The van der Waals surface area contributed by atoms with Crippen LogP contribution >= 0.6 is 35.3 Å². The molecular formula is C20H38IN5O2S. The molecule has 1 aromatic heterocycles. The summed E-state index contributed by atoms with van der Waals surface area (Å²) in [6, 6.07) is 0. The molecule has 0 aliphatic carbocycles. The maximum Gasteiger partial charge on any atom is 0.408 e. The summed E-state index contributed by atoms with van der Waals surface area (Å²) in [6.45, 7) is 17.6. The van der Waals surface area contributed by atoms with E-state index in [1.807, 2.05) is 41.5 Å². The van der Waals surface area contributed by atoms with E-state index in [2.05, 4.69) is 39.8 Å². The van der Waals surface area contributed by atoms with Gasteiger partial charge in [0, 0.05) is 24.4 Å². The Balaban J connectivity index is 0.00000784. The molecule has 9 heteroatoms. The lowest BCUT2D eigenvalue weighted by Crippen LogP contribution is -2.49. The SMILES string of the molecule is CCNC(=NCC(C)(C)NC(=O)OC(C)(C)C)NCCc1nc(CC)c(C)s1.I. The first-order valence-corrected chi connectivity index (χ1v) is 10.8. The molecule has 1 aromatic rings. The molecule has 1 rings (SSSR count). The van der Waals surface area contributed by atoms with Crippen molar-refractivity contribution in [2.75, 3.05) is 19.6 Å². The minimum absolute atomic E-state index is 0. The monoisotopic (exact) mass is 539 g/mol. The van der Waals surface area contributed by atoms with Crippen LogP contribution in [0.3, 0.4) is 0 Å². The lowest BCUT2D eigenvalue weighted by Gasteiger charge is -2.27. The highest BCUT2D eigenvalue weighted by Crippen LogP contribution is 2.18. The number of carbonyl (C=O) groups is 1. The van der Waals surface area contributed by atoms with Gasteiger partial charge in [-0.3, -0.25) is 4.99 Å². The largest absolute Gasteiger partial charge is 0.444 e. The van der Waals surface area contributed by atoms with Gasteiger partial charge in [-0.1, -0.05) is 6.92 Å². The highest BCUT2D eigenvalue weighted by Gasteiger charge is 2.24. The molecule has 0 fully saturated rings. The summed E-state index contributed by atoms with van der Waals surface area (Å²) in [4.78, 5) is 22.6. The van der Waals surface area contributed by atoms with Gasteiger partial charge in [0.25, 0.3) is 0 Å². The van der Waals surface area contributed by atoms with Crippen molar-refractivity contribution in [3.8, 4) is 0 Å². The van der Waals surface area contributed by atoms with E-state index in [-0.39, 0.29) is 24.0 Å². The Labute approximate surface area is 196 Å². The summed E-state index contributed by atoms with van der Waals surface area (Å²) in [7, 11) is 0. The van der Waals surface area contributed by atoms with Crippen LogP contribution in [-0.2, 0) is 17.6 Å². The Morgan fingerprint density at radius 3 is 2.34 bits per heavy atom. The minimum atomic E-state index is -0.522. The molecule has 0 bridgehead atoms. The average molecular weight is 540 g/mol. The van der Waals surface area contributed by atoms with E-state index >= 15 is 0 Å². The number of alkyl carbamates (subject to hydrolysis) is 1. The van der Waals surface area contributed by atoms with Crippen LogP contribution in [0.1, 0.15) is 64.0 Å². The number of aryl methyl sites for hydroxylation is 2. The minimum Gasteiger partial charge on any atom is -0.444 e. The van der Waals surface area contributed by atoms with Crippen LogP contribution in [0.25, 0.3) is 0 Å². The Bertz CT molecular complexity index is 668. The Morgan fingerprint density at radius 2 is 1.83 bits per heavy atom. The fourth-order valence-corrected chi connectivity index (χ4v) is 3.47. The number of aliphatic imine (C=N–C) groups is 1. The van der Waals surface area contributed by atoms with Gasteiger partial charge in [-0.25, -0.2) is 9.78 Å². The molecule has 1 amide bonds. The van der Waals surface area contributed by atoms with Gasteiger partial charge in [-0.2, -0.15) is 0 Å². The normalized spacial score (nSPS) is 12.2. The summed E-state index contributed by atoms with van der Waals surface area (Å²) < 4.78 is 5.33. The van der Waals surface area contributed by atoms with E-state index in [1.54, 1.807) is 11.3 Å². The molecule has 29 heavy (non-hydrogen) atoms. The second-order valence-electron chi connectivity index (χ2n) is 8.35. The third-order valence-electron chi connectivity index (χ3n) is 3.72. The first kappa shape index (κ1) is 27.9. The molecule has 0 aliphatic heterocycles. The van der Waals surface area contributed by atoms with Crippen molar-refractivity contribution >= 4 is 47.4 Å². The number of nitrogens with one attached hydrogen (secondary N) is 3. The van der Waals surface area contributed by atoms with Crippen LogP contribution in [0, 0.1) is 6.92 Å². The van der Waals surface area contributed by atoms with E-state index in [0.717, 1.165) is 36.9 Å². The standard InChI is InChI=1S/C20H37N5O2S.HI/c1-9-15-14(3)28-16(24-15)11-12-22-17(21-10-2)23-13-20(7,8)25-18(26)27-19(4,5)6;/h9-13H2,1-8H3,(H,25,26)(H2,21,22,23);1H. The van der Waals surface area contributed by atoms with Crippen LogP contribution in [-0.4, -0.2) is 47.8 Å². The molecule has 168 valence electrons. The van der Waals surface area contributed by atoms with E-state index in [4.69, 9.17) is 4.74 Å². The number of halogens is 1. The van der Waals surface area contributed by atoms with Crippen molar-refractivity contribution in [1.82, 2.24) is 20.9 Å². The lowest BCUT2D eigenvalue weighted by molar-refractivity contribution is 0.0476. The number of nitrogens with zero attached hydrogens (tertiary/aromatic N) is 2. The number of ether oxygens (including phenoxy) is 1. The van der Waals surface area contributed by atoms with E-state index in [9.17, 15) is 4.79 Å². The molecule has 1 heterocycles. The van der Waals surface area contributed by atoms with Crippen LogP contribution in [0.5, 0.6) is 0 Å². The third kappa shape index (κ3) is 11.6. The van der Waals surface area contributed by atoms with Gasteiger partial charge in [0.1, 0.15) is 5.60 Å². The maximum atomic E-state index is 12.0. The van der Waals surface area contributed by atoms with Crippen molar-refractivity contribution in [3.63, 3.8) is 0 Å². The van der Waals surface area contributed by atoms with Crippen LogP contribution in [0.15, 0.2) is 4.99 Å². The summed E-state index contributed by atoms with van der Waals surface area (Å²) in [5.41, 5.74) is 0.148. The van der Waals surface area contributed by atoms with Gasteiger partial charge in [-0.05, 0) is 54.9 Å². The van der Waals surface area contributed by atoms with Crippen molar-refractivity contribution < 1.29 is 9.53 Å². The molecule has 0 spiro atoms. The highest BCUT2D eigenvalue weighted by molar-refractivity contribution is 14.0. The van der Waals surface area contributed by atoms with Gasteiger partial charge in [0.15, 0.2) is 5.96 Å². The quantitative estimate of drug-likeness (QED) is 0.264. The molecule has 0 aromatic carbocycles. The zero-order valence-electron chi connectivity index (χ0n) is 19.1. The zero-order valence-corrected chi connectivity index (χ0v) is 22.2. The van der Waals surface area contributed by atoms with Crippen LogP contribution in [0.4, 0.5) is 4.79 Å². The van der Waals surface area contributed by atoms with Crippen molar-refractivity contribution in [1.29, 1.82) is 0 Å². The van der Waals surface area contributed by atoms with Gasteiger partial charge in [0.05, 0.1) is 22.8 Å². The topological polar surface area (TPSA) is 87.6 Å². The molecule has 3 N–H and O–H groups in total. The fraction of sp³-hybridized carbons (Fsp3) is 0.750. The first-order chi connectivity index (χ1) is 13.0. The maximum absolute atomic E-state index is 12.0. The smallest absolute Gasteiger partial charge is 0.408 e. The van der Waals surface area contributed by atoms with Crippen molar-refractivity contribution in [2.45, 2.75) is 79.4 Å². The predicted octanol–water partition coefficient (Wildman–Crippen LogP) is 4.03. The Morgan fingerprint density at radius 1 is 1.17 bits per heavy atom. The molecule has 7 nitrogen and oxygen atoms in total. The van der Waals surface area contributed by atoms with Crippen LogP contribution < -0.4 is 16.0 Å². The molecule has 0 saturated carbocycles. The van der Waals surface area contributed by atoms with Gasteiger partial charge in [-0.15, -0.1) is 35.3 Å². The number of thiazole rings is 1. The predicted molar refractivity (Wildman–Crippen MR) is 133 cm³/mol. The molecule has 0 saturated heterocycles. The van der Waals surface area contributed by atoms with E-state index in [0.29, 0.717) is 6.54 Å². The number of guanidine groups is 1. The number of aromatic nitrogens is 1. The molecular weight excluding hydrogens is 501 g/mol.